The number of aliphatic hydroxyl groups is 2. The van der Waals surface area contributed by atoms with Crippen LogP contribution in [0.1, 0.15) is 57.6 Å². The highest BCUT2D eigenvalue weighted by atomic mass is 16.5. The van der Waals surface area contributed by atoms with E-state index in [4.69, 9.17) is 4.74 Å². The fourth-order valence-electron chi connectivity index (χ4n) is 7.47. The number of rotatable bonds is 5. The van der Waals surface area contributed by atoms with Crippen LogP contribution in [0.2, 0.25) is 0 Å². The highest BCUT2D eigenvalue weighted by Gasteiger charge is 2.69. The number of nitrogens with zero attached hydrogens (tertiary/aromatic N) is 2. The van der Waals surface area contributed by atoms with E-state index in [0.717, 1.165) is 24.2 Å². The quantitative estimate of drug-likeness (QED) is 0.351. The van der Waals surface area contributed by atoms with Gasteiger partial charge in [-0.2, -0.15) is 0 Å². The summed E-state index contributed by atoms with van der Waals surface area (Å²) >= 11 is 0. The molecule has 3 heterocycles. The van der Waals surface area contributed by atoms with Crippen LogP contribution in [0.3, 0.4) is 0 Å². The van der Waals surface area contributed by atoms with Crippen molar-refractivity contribution in [2.45, 2.75) is 82.1 Å². The van der Waals surface area contributed by atoms with Crippen LogP contribution in [0.4, 0.5) is 0 Å². The number of benzene rings is 1. The lowest BCUT2D eigenvalue weighted by Gasteiger charge is -2.59. The van der Waals surface area contributed by atoms with E-state index in [2.05, 4.69) is 10.2 Å². The average molecular weight is 512 g/mol. The van der Waals surface area contributed by atoms with Crippen LogP contribution < -0.4 is 10.1 Å². The molecular formula is C28H37N3O6. The Labute approximate surface area is 217 Å². The largest absolute Gasteiger partial charge is 0.508 e. The van der Waals surface area contributed by atoms with E-state index in [0.29, 0.717) is 44.0 Å². The normalized spacial score (nSPS) is 35.0. The first kappa shape index (κ1) is 24.6. The van der Waals surface area contributed by atoms with Crippen LogP contribution in [0, 0.1) is 5.92 Å². The molecule has 2 saturated heterocycles. The van der Waals surface area contributed by atoms with Crippen molar-refractivity contribution in [3.63, 3.8) is 0 Å². The zero-order chi connectivity index (χ0) is 26.3. The first-order valence-corrected chi connectivity index (χ1v) is 13.5. The Morgan fingerprint density at radius 2 is 1.95 bits per heavy atom. The second-order valence-corrected chi connectivity index (χ2v) is 11.9. The summed E-state index contributed by atoms with van der Waals surface area (Å²) in [7, 11) is 0. The summed E-state index contributed by atoms with van der Waals surface area (Å²) < 4.78 is 6.31. The number of ether oxygens (including phenoxy) is 1. The number of hydrogen-bond donors (Lipinski definition) is 4. The molecule has 1 saturated carbocycles. The minimum absolute atomic E-state index is 0.0234. The number of aromatic hydroxyl groups is 1. The lowest BCUT2D eigenvalue weighted by atomic mass is 9.53. The number of hydrogen-bond acceptors (Lipinski definition) is 7. The second-order valence-electron chi connectivity index (χ2n) is 11.9. The van der Waals surface area contributed by atoms with Gasteiger partial charge in [0.2, 0.25) is 5.91 Å². The summed E-state index contributed by atoms with van der Waals surface area (Å²) in [6.07, 6.45) is 3.28. The van der Waals surface area contributed by atoms with E-state index < -0.39 is 17.1 Å². The number of aliphatic hydroxyl groups excluding tert-OH is 1. The molecule has 37 heavy (non-hydrogen) atoms. The number of fused-ring (bicyclic) bond motifs is 1. The first-order chi connectivity index (χ1) is 17.5. The van der Waals surface area contributed by atoms with Gasteiger partial charge in [0.15, 0.2) is 17.6 Å². The Balaban J connectivity index is 1.37. The highest BCUT2D eigenvalue weighted by Crippen LogP contribution is 2.63. The lowest BCUT2D eigenvalue weighted by Crippen LogP contribution is -2.73. The Hall–Kier alpha value is -2.78. The Morgan fingerprint density at radius 1 is 1.19 bits per heavy atom. The van der Waals surface area contributed by atoms with Crippen LogP contribution in [0.25, 0.3) is 0 Å². The van der Waals surface area contributed by atoms with Crippen LogP contribution in [-0.2, 0) is 21.4 Å². The van der Waals surface area contributed by atoms with E-state index >= 15 is 0 Å². The highest BCUT2D eigenvalue weighted by molar-refractivity contribution is 5.94. The predicted octanol–water partition coefficient (Wildman–Crippen LogP) is 1.75. The van der Waals surface area contributed by atoms with Crippen molar-refractivity contribution in [3.8, 4) is 11.5 Å². The maximum Gasteiger partial charge on any atom is 0.253 e. The molecule has 2 aliphatic carbocycles. The third-order valence-corrected chi connectivity index (χ3v) is 9.58. The molecule has 200 valence electrons. The zero-order valence-corrected chi connectivity index (χ0v) is 21.8. The SMILES string of the molecule is CC(=O)N[C@@H]1CCN(C(=O)/C(C)=C(\O)[C@@H]2Oc3c(O)ccc4c3[C@@]23CCN(CC2CC2)[C@H](C4)[C@@]3(C)O)C1. The van der Waals surface area contributed by atoms with Gasteiger partial charge in [-0.05, 0) is 70.0 Å². The number of piperidine rings is 1. The minimum atomic E-state index is -1.25. The summed E-state index contributed by atoms with van der Waals surface area (Å²) in [5, 5.41) is 37.5. The third kappa shape index (κ3) is 3.57. The fourth-order valence-corrected chi connectivity index (χ4v) is 7.47. The number of phenolic OH excluding ortho intramolecular Hbond substituents is 1. The maximum atomic E-state index is 13.4. The smallest absolute Gasteiger partial charge is 0.253 e. The van der Waals surface area contributed by atoms with Crippen molar-refractivity contribution in [3.05, 3.63) is 34.6 Å². The molecule has 4 N–H and O–H groups in total. The van der Waals surface area contributed by atoms with E-state index in [1.807, 2.05) is 13.0 Å². The van der Waals surface area contributed by atoms with Crippen molar-refractivity contribution >= 4 is 11.8 Å². The van der Waals surface area contributed by atoms with Gasteiger partial charge in [0.25, 0.3) is 5.91 Å². The first-order valence-electron chi connectivity index (χ1n) is 13.5. The van der Waals surface area contributed by atoms with Crippen LogP contribution in [-0.4, -0.2) is 86.9 Å². The van der Waals surface area contributed by atoms with Crippen molar-refractivity contribution in [1.29, 1.82) is 0 Å². The second kappa shape index (κ2) is 8.36. The number of carbonyl (C=O) groups is 2. The Bertz CT molecular complexity index is 1190. The third-order valence-electron chi connectivity index (χ3n) is 9.58. The molecule has 1 spiro atoms. The van der Waals surface area contributed by atoms with E-state index in [1.165, 1.54) is 19.8 Å². The van der Waals surface area contributed by atoms with Gasteiger partial charge in [0.1, 0.15) is 5.76 Å². The van der Waals surface area contributed by atoms with Gasteiger partial charge in [-0.1, -0.05) is 6.07 Å². The fraction of sp³-hybridized carbons (Fsp3) is 0.643. The van der Waals surface area contributed by atoms with Crippen molar-refractivity contribution in [1.82, 2.24) is 15.1 Å². The Morgan fingerprint density at radius 3 is 2.65 bits per heavy atom. The van der Waals surface area contributed by atoms with Gasteiger partial charge < -0.3 is 30.3 Å². The molecule has 9 nitrogen and oxygen atoms in total. The molecule has 0 unspecified atom stereocenters. The molecule has 5 aliphatic rings. The van der Waals surface area contributed by atoms with Crippen molar-refractivity contribution in [2.24, 2.45) is 5.92 Å². The minimum Gasteiger partial charge on any atom is -0.508 e. The standard InChI is InChI=1S/C28H37N3O6/c1-15(26(35)31-10-8-19(14-31)29-16(2)32)23(34)25-28-9-11-30(13-17-4-5-17)21(27(28,3)36)12-18-6-7-20(33)24(37-25)22(18)28/h6-7,17,19,21,25,33-34,36H,4-5,8-14H2,1-3H3,(H,29,32)/b23-15-/t19-,21-,25+,27-,28+/m1/s1. The van der Waals surface area contributed by atoms with Crippen LogP contribution in [0.5, 0.6) is 11.5 Å². The molecule has 3 fully saturated rings. The molecule has 1 aromatic carbocycles. The number of likely N-dealkylation sites (tertiary alicyclic amines) is 2. The summed E-state index contributed by atoms with van der Waals surface area (Å²) in [5.74, 6) is 0.297. The summed E-state index contributed by atoms with van der Waals surface area (Å²) in [6, 6.07) is 3.26. The lowest BCUT2D eigenvalue weighted by molar-refractivity contribution is -0.153. The molecule has 0 aromatic heterocycles. The van der Waals surface area contributed by atoms with Crippen LogP contribution >= 0.6 is 0 Å². The number of amides is 2. The van der Waals surface area contributed by atoms with Gasteiger partial charge in [-0.3, -0.25) is 14.5 Å². The summed E-state index contributed by atoms with van der Waals surface area (Å²) in [4.78, 5) is 28.9. The molecule has 3 aliphatic heterocycles. The molecule has 9 heteroatoms. The molecule has 2 bridgehead atoms. The summed E-state index contributed by atoms with van der Waals surface area (Å²) in [6.45, 7) is 7.43. The summed E-state index contributed by atoms with van der Waals surface area (Å²) in [5.41, 5.74) is -0.298. The molecule has 0 radical (unpaired) electrons. The predicted molar refractivity (Wildman–Crippen MR) is 135 cm³/mol. The molecule has 5 atom stereocenters. The van der Waals surface area contributed by atoms with Gasteiger partial charge in [-0.25, -0.2) is 0 Å². The number of nitrogens with one attached hydrogen (secondary N) is 1. The van der Waals surface area contributed by atoms with Crippen molar-refractivity contribution in [2.75, 3.05) is 26.2 Å². The van der Waals surface area contributed by atoms with Gasteiger partial charge in [0.05, 0.1) is 16.6 Å². The maximum absolute atomic E-state index is 13.4. The average Bonchev–Trinajstić information content (AvgIpc) is 3.41. The monoisotopic (exact) mass is 511 g/mol. The molecular weight excluding hydrogens is 474 g/mol. The van der Waals surface area contributed by atoms with Gasteiger partial charge >= 0.3 is 0 Å². The van der Waals surface area contributed by atoms with E-state index in [-0.39, 0.29) is 41.0 Å². The number of carbonyl (C=O) groups excluding carboxylic acids is 2. The Kier molecular flexibility index (Phi) is 5.55. The van der Waals surface area contributed by atoms with Gasteiger partial charge in [-0.15, -0.1) is 0 Å². The topological polar surface area (TPSA) is 123 Å². The number of phenols is 1. The van der Waals surface area contributed by atoms with Crippen LogP contribution in [0.15, 0.2) is 23.5 Å². The van der Waals surface area contributed by atoms with E-state index in [9.17, 15) is 24.9 Å². The molecule has 6 rings (SSSR count). The zero-order valence-electron chi connectivity index (χ0n) is 21.8. The van der Waals surface area contributed by atoms with Crippen molar-refractivity contribution < 1.29 is 29.6 Å². The molecule has 1 aromatic rings. The van der Waals surface area contributed by atoms with E-state index in [1.54, 1.807) is 17.9 Å². The van der Waals surface area contributed by atoms with Gasteiger partial charge in [0, 0.05) is 44.2 Å². The molecule has 2 amide bonds.